The maximum Gasteiger partial charge on any atom is 0.0400 e. The molecule has 3 nitrogen and oxygen atoms in total. The van der Waals surface area contributed by atoms with E-state index in [1.807, 2.05) is 18.5 Å². The molecule has 0 amide bonds. The lowest BCUT2D eigenvalue weighted by Crippen LogP contribution is -2.28. The fourth-order valence-electron chi connectivity index (χ4n) is 1.48. The lowest BCUT2D eigenvalue weighted by atomic mass is 10.2. The molecule has 1 aromatic rings. The molecular formula is C13H23N3. The van der Waals surface area contributed by atoms with Crippen molar-refractivity contribution < 1.29 is 0 Å². The van der Waals surface area contributed by atoms with Crippen LogP contribution in [0.5, 0.6) is 0 Å². The van der Waals surface area contributed by atoms with Crippen LogP contribution in [0.3, 0.4) is 0 Å². The van der Waals surface area contributed by atoms with Gasteiger partial charge in [0.2, 0.25) is 0 Å². The zero-order valence-corrected chi connectivity index (χ0v) is 10.8. The summed E-state index contributed by atoms with van der Waals surface area (Å²) in [5.41, 5.74) is 2.40. The molecule has 1 rings (SSSR count). The molecule has 0 aliphatic heterocycles. The quantitative estimate of drug-likeness (QED) is 0.748. The van der Waals surface area contributed by atoms with Crippen LogP contribution in [-0.2, 0) is 0 Å². The summed E-state index contributed by atoms with van der Waals surface area (Å²) < 4.78 is 0. The van der Waals surface area contributed by atoms with Gasteiger partial charge < -0.3 is 10.2 Å². The summed E-state index contributed by atoms with van der Waals surface area (Å²) in [5.74, 6) is 0. The molecule has 90 valence electrons. The molecule has 0 saturated carbocycles. The van der Waals surface area contributed by atoms with Gasteiger partial charge >= 0.3 is 0 Å². The van der Waals surface area contributed by atoms with Crippen molar-refractivity contribution >= 4 is 5.69 Å². The number of hydrogen-bond acceptors (Lipinski definition) is 3. The maximum atomic E-state index is 4.08. The summed E-state index contributed by atoms with van der Waals surface area (Å²) in [4.78, 5) is 6.44. The molecule has 0 bridgehead atoms. The van der Waals surface area contributed by atoms with Gasteiger partial charge in [-0.05, 0) is 52.4 Å². The lowest BCUT2D eigenvalue weighted by molar-refractivity contribution is 0.273. The van der Waals surface area contributed by atoms with E-state index in [4.69, 9.17) is 0 Å². The van der Waals surface area contributed by atoms with Crippen molar-refractivity contribution in [3.05, 3.63) is 24.0 Å². The van der Waals surface area contributed by atoms with Crippen LogP contribution in [-0.4, -0.2) is 36.1 Å². The Morgan fingerprint density at radius 2 is 2.19 bits per heavy atom. The molecule has 1 N–H and O–H groups in total. The topological polar surface area (TPSA) is 28.2 Å². The summed E-state index contributed by atoms with van der Waals surface area (Å²) in [5, 5.41) is 3.44. The molecule has 0 radical (unpaired) electrons. The van der Waals surface area contributed by atoms with Crippen molar-refractivity contribution in [2.75, 3.05) is 25.5 Å². The first-order chi connectivity index (χ1) is 7.61. The molecule has 0 aromatic carbocycles. The molecule has 16 heavy (non-hydrogen) atoms. The number of anilines is 1. The average molecular weight is 221 g/mol. The number of pyridine rings is 1. The van der Waals surface area contributed by atoms with E-state index in [2.05, 4.69) is 43.0 Å². The highest BCUT2D eigenvalue weighted by atomic mass is 15.1. The highest BCUT2D eigenvalue weighted by molar-refractivity contribution is 5.48. The molecule has 0 atom stereocenters. The monoisotopic (exact) mass is 221 g/mol. The number of nitrogens with zero attached hydrogens (tertiary/aromatic N) is 2. The van der Waals surface area contributed by atoms with Gasteiger partial charge in [-0.1, -0.05) is 0 Å². The molecule has 0 saturated heterocycles. The highest BCUT2D eigenvalue weighted by Gasteiger charge is 2.02. The van der Waals surface area contributed by atoms with Gasteiger partial charge in [0.05, 0.1) is 0 Å². The van der Waals surface area contributed by atoms with E-state index in [-0.39, 0.29) is 0 Å². The maximum absolute atomic E-state index is 4.08. The third-order valence-electron chi connectivity index (χ3n) is 2.90. The Kier molecular flexibility index (Phi) is 5.26. The SMILES string of the molecule is Cc1cnccc1NCCCN(C)C(C)C. The predicted molar refractivity (Wildman–Crippen MR) is 69.8 cm³/mol. The smallest absolute Gasteiger partial charge is 0.0400 e. The minimum absolute atomic E-state index is 0.627. The normalized spacial score (nSPS) is 11.1. The zero-order valence-electron chi connectivity index (χ0n) is 10.8. The van der Waals surface area contributed by atoms with Gasteiger partial charge in [0.25, 0.3) is 0 Å². The second-order valence-electron chi connectivity index (χ2n) is 4.55. The molecule has 1 heterocycles. The molecule has 0 fully saturated rings. The first-order valence-electron chi connectivity index (χ1n) is 5.96. The molecule has 0 aliphatic carbocycles. The van der Waals surface area contributed by atoms with Crippen LogP contribution < -0.4 is 5.32 Å². The van der Waals surface area contributed by atoms with E-state index in [9.17, 15) is 0 Å². The molecule has 0 spiro atoms. The minimum Gasteiger partial charge on any atom is -0.385 e. The average Bonchev–Trinajstić information content (AvgIpc) is 2.26. The summed E-state index contributed by atoms with van der Waals surface area (Å²) in [6.07, 6.45) is 4.88. The van der Waals surface area contributed by atoms with Crippen molar-refractivity contribution in [2.45, 2.75) is 33.2 Å². The van der Waals surface area contributed by atoms with Crippen molar-refractivity contribution in [3.63, 3.8) is 0 Å². The predicted octanol–water partition coefficient (Wildman–Crippen LogP) is 2.53. The van der Waals surface area contributed by atoms with Crippen molar-refractivity contribution in [1.29, 1.82) is 0 Å². The van der Waals surface area contributed by atoms with Gasteiger partial charge in [-0.25, -0.2) is 0 Å². The van der Waals surface area contributed by atoms with Crippen LogP contribution >= 0.6 is 0 Å². The van der Waals surface area contributed by atoms with Gasteiger partial charge in [-0.15, -0.1) is 0 Å². The largest absolute Gasteiger partial charge is 0.385 e. The molecule has 0 aliphatic rings. The van der Waals surface area contributed by atoms with Crippen molar-refractivity contribution in [2.24, 2.45) is 0 Å². The first kappa shape index (κ1) is 13.0. The Labute approximate surface area is 98.9 Å². The van der Waals surface area contributed by atoms with Gasteiger partial charge in [-0.2, -0.15) is 0 Å². The first-order valence-corrected chi connectivity index (χ1v) is 5.96. The summed E-state index contributed by atoms with van der Waals surface area (Å²) in [6.45, 7) is 8.67. The fraction of sp³-hybridized carbons (Fsp3) is 0.615. The highest BCUT2D eigenvalue weighted by Crippen LogP contribution is 2.11. The number of aromatic nitrogens is 1. The van der Waals surface area contributed by atoms with Crippen molar-refractivity contribution in [3.8, 4) is 0 Å². The Hall–Kier alpha value is -1.09. The third kappa shape index (κ3) is 4.19. The summed E-state index contributed by atoms with van der Waals surface area (Å²) in [6, 6.07) is 2.66. The van der Waals surface area contributed by atoms with Gasteiger partial charge in [0.15, 0.2) is 0 Å². The van der Waals surface area contributed by atoms with Gasteiger partial charge in [0.1, 0.15) is 0 Å². The summed E-state index contributed by atoms with van der Waals surface area (Å²) >= 11 is 0. The summed E-state index contributed by atoms with van der Waals surface area (Å²) in [7, 11) is 2.17. The molecule has 1 aromatic heterocycles. The molecule has 0 unspecified atom stereocenters. The zero-order chi connectivity index (χ0) is 12.0. The van der Waals surface area contributed by atoms with Gasteiger partial charge in [-0.3, -0.25) is 4.98 Å². The van der Waals surface area contributed by atoms with Gasteiger partial charge in [0, 0.05) is 30.7 Å². The standard InChI is InChI=1S/C13H23N3/c1-11(2)16(4)9-5-7-15-13-6-8-14-10-12(13)3/h6,8,10-11H,5,7,9H2,1-4H3,(H,14,15). The van der Waals surface area contributed by atoms with Crippen LogP contribution in [0.25, 0.3) is 0 Å². The van der Waals surface area contributed by atoms with Crippen LogP contribution in [0.2, 0.25) is 0 Å². The van der Waals surface area contributed by atoms with E-state index >= 15 is 0 Å². The van der Waals surface area contributed by atoms with Crippen LogP contribution in [0, 0.1) is 6.92 Å². The number of nitrogens with one attached hydrogen (secondary N) is 1. The second-order valence-corrected chi connectivity index (χ2v) is 4.55. The van der Waals surface area contributed by atoms with E-state index in [1.54, 1.807) is 0 Å². The van der Waals surface area contributed by atoms with Crippen LogP contribution in [0.4, 0.5) is 5.69 Å². The third-order valence-corrected chi connectivity index (χ3v) is 2.90. The second kappa shape index (κ2) is 6.48. The lowest BCUT2D eigenvalue weighted by Gasteiger charge is -2.21. The minimum atomic E-state index is 0.627. The number of aryl methyl sites for hydroxylation is 1. The number of hydrogen-bond donors (Lipinski definition) is 1. The molecule has 3 heteroatoms. The Morgan fingerprint density at radius 3 is 2.81 bits per heavy atom. The van der Waals surface area contributed by atoms with Crippen LogP contribution in [0.1, 0.15) is 25.8 Å². The van der Waals surface area contributed by atoms with E-state index in [1.165, 1.54) is 11.3 Å². The van der Waals surface area contributed by atoms with Crippen molar-refractivity contribution in [1.82, 2.24) is 9.88 Å². The van der Waals surface area contributed by atoms with E-state index < -0.39 is 0 Å². The number of rotatable bonds is 6. The van der Waals surface area contributed by atoms with E-state index in [0.29, 0.717) is 6.04 Å². The molecular weight excluding hydrogens is 198 g/mol. The van der Waals surface area contributed by atoms with E-state index in [0.717, 1.165) is 19.5 Å². The Morgan fingerprint density at radius 1 is 1.44 bits per heavy atom. The fourth-order valence-corrected chi connectivity index (χ4v) is 1.48. The van der Waals surface area contributed by atoms with Crippen LogP contribution in [0.15, 0.2) is 18.5 Å². The Balaban J connectivity index is 2.24. The Bertz CT molecular complexity index is 310.